The Balaban J connectivity index is 1.93. The van der Waals surface area contributed by atoms with E-state index in [9.17, 15) is 0 Å². The molecule has 1 aromatic rings. The van der Waals surface area contributed by atoms with Gasteiger partial charge in [0.2, 0.25) is 0 Å². The van der Waals surface area contributed by atoms with Gasteiger partial charge in [0, 0.05) is 24.3 Å². The summed E-state index contributed by atoms with van der Waals surface area (Å²) in [6, 6.07) is 8.37. The van der Waals surface area contributed by atoms with Gasteiger partial charge in [-0.05, 0) is 44.9 Å². The van der Waals surface area contributed by atoms with Crippen LogP contribution in [0.1, 0.15) is 33.1 Å². The standard InChI is InChI=1S/C15H24N2O/c1-3-12(2)17-9-5-8-15(11-17)18-14-7-4-6-13(16)10-14/h4,6-7,10,12,15H,3,5,8-9,11,16H2,1-2H3. The van der Waals surface area contributed by atoms with Crippen LogP contribution >= 0.6 is 0 Å². The molecule has 0 aromatic heterocycles. The fourth-order valence-electron chi connectivity index (χ4n) is 2.50. The van der Waals surface area contributed by atoms with Crippen molar-refractivity contribution in [2.75, 3.05) is 18.8 Å². The van der Waals surface area contributed by atoms with Gasteiger partial charge in [-0.15, -0.1) is 0 Å². The number of anilines is 1. The van der Waals surface area contributed by atoms with E-state index in [0.717, 1.165) is 24.4 Å². The van der Waals surface area contributed by atoms with E-state index in [0.29, 0.717) is 12.1 Å². The van der Waals surface area contributed by atoms with Crippen LogP contribution in [0.25, 0.3) is 0 Å². The maximum Gasteiger partial charge on any atom is 0.121 e. The number of benzene rings is 1. The molecule has 0 amide bonds. The molecule has 3 heteroatoms. The molecule has 1 aromatic carbocycles. The number of ether oxygens (including phenoxy) is 1. The molecule has 2 unspecified atom stereocenters. The van der Waals surface area contributed by atoms with Crippen LogP contribution in [0.2, 0.25) is 0 Å². The number of nitrogen functional groups attached to an aromatic ring is 1. The quantitative estimate of drug-likeness (QED) is 0.833. The molecular formula is C15H24N2O. The van der Waals surface area contributed by atoms with E-state index in [1.807, 2.05) is 24.3 Å². The minimum atomic E-state index is 0.301. The highest BCUT2D eigenvalue weighted by Crippen LogP contribution is 2.21. The SMILES string of the molecule is CCC(C)N1CCCC(Oc2cccc(N)c2)C1. The van der Waals surface area contributed by atoms with Gasteiger partial charge in [-0.2, -0.15) is 0 Å². The summed E-state index contributed by atoms with van der Waals surface area (Å²) < 4.78 is 6.04. The zero-order valence-electron chi connectivity index (χ0n) is 11.4. The summed E-state index contributed by atoms with van der Waals surface area (Å²) in [5, 5.41) is 0. The Bertz CT molecular complexity index is 381. The molecule has 3 nitrogen and oxygen atoms in total. The van der Waals surface area contributed by atoms with E-state index in [-0.39, 0.29) is 0 Å². The molecule has 1 fully saturated rings. The van der Waals surface area contributed by atoms with Gasteiger partial charge in [-0.1, -0.05) is 13.0 Å². The smallest absolute Gasteiger partial charge is 0.121 e. The molecule has 0 spiro atoms. The molecule has 2 N–H and O–H groups in total. The number of nitrogens with two attached hydrogens (primary N) is 1. The largest absolute Gasteiger partial charge is 0.489 e. The van der Waals surface area contributed by atoms with Crippen molar-refractivity contribution in [1.82, 2.24) is 4.90 Å². The van der Waals surface area contributed by atoms with Crippen LogP contribution in [0.4, 0.5) is 5.69 Å². The summed E-state index contributed by atoms with van der Waals surface area (Å²) >= 11 is 0. The number of hydrogen-bond acceptors (Lipinski definition) is 3. The second-order valence-corrected chi connectivity index (χ2v) is 5.21. The van der Waals surface area contributed by atoms with Crippen LogP contribution in [-0.4, -0.2) is 30.1 Å². The minimum absolute atomic E-state index is 0.301. The van der Waals surface area contributed by atoms with Gasteiger partial charge < -0.3 is 10.5 Å². The molecule has 1 heterocycles. The lowest BCUT2D eigenvalue weighted by molar-refractivity contribution is 0.0650. The Morgan fingerprint density at radius 2 is 2.33 bits per heavy atom. The number of piperidine rings is 1. The van der Waals surface area contributed by atoms with E-state index < -0.39 is 0 Å². The summed E-state index contributed by atoms with van der Waals surface area (Å²) in [5.41, 5.74) is 6.54. The molecule has 18 heavy (non-hydrogen) atoms. The van der Waals surface area contributed by atoms with Gasteiger partial charge in [-0.3, -0.25) is 4.90 Å². The van der Waals surface area contributed by atoms with E-state index in [1.54, 1.807) is 0 Å². The van der Waals surface area contributed by atoms with Crippen molar-refractivity contribution in [3.05, 3.63) is 24.3 Å². The fraction of sp³-hybridized carbons (Fsp3) is 0.600. The van der Waals surface area contributed by atoms with Crippen LogP contribution in [-0.2, 0) is 0 Å². The van der Waals surface area contributed by atoms with Crippen molar-refractivity contribution >= 4 is 5.69 Å². The molecule has 0 radical (unpaired) electrons. The Hall–Kier alpha value is -1.22. The molecule has 1 saturated heterocycles. The third-order valence-electron chi connectivity index (χ3n) is 3.78. The number of likely N-dealkylation sites (tertiary alicyclic amines) is 1. The first-order valence-corrected chi connectivity index (χ1v) is 6.95. The highest BCUT2D eigenvalue weighted by Gasteiger charge is 2.23. The minimum Gasteiger partial charge on any atom is -0.489 e. The van der Waals surface area contributed by atoms with Crippen molar-refractivity contribution in [1.29, 1.82) is 0 Å². The van der Waals surface area contributed by atoms with Gasteiger partial charge in [0.05, 0.1) is 0 Å². The van der Waals surface area contributed by atoms with Crippen LogP contribution < -0.4 is 10.5 Å². The average molecular weight is 248 g/mol. The van der Waals surface area contributed by atoms with Crippen molar-refractivity contribution in [3.8, 4) is 5.75 Å². The van der Waals surface area contributed by atoms with Gasteiger partial charge in [0.15, 0.2) is 0 Å². The zero-order chi connectivity index (χ0) is 13.0. The lowest BCUT2D eigenvalue weighted by atomic mass is 10.1. The molecule has 0 aliphatic carbocycles. The monoisotopic (exact) mass is 248 g/mol. The van der Waals surface area contributed by atoms with Crippen LogP contribution in [0.15, 0.2) is 24.3 Å². The predicted molar refractivity (Wildman–Crippen MR) is 75.8 cm³/mol. The lowest BCUT2D eigenvalue weighted by Gasteiger charge is -2.36. The molecule has 1 aliphatic rings. The Labute approximate surface area is 110 Å². The first-order valence-electron chi connectivity index (χ1n) is 6.95. The fourth-order valence-corrected chi connectivity index (χ4v) is 2.50. The normalized spacial score (nSPS) is 22.7. The number of rotatable bonds is 4. The third kappa shape index (κ3) is 3.39. The summed E-state index contributed by atoms with van der Waals surface area (Å²) in [4.78, 5) is 2.53. The predicted octanol–water partition coefficient (Wildman–Crippen LogP) is 2.91. The van der Waals surface area contributed by atoms with Crippen LogP contribution in [0.3, 0.4) is 0 Å². The topological polar surface area (TPSA) is 38.5 Å². The zero-order valence-corrected chi connectivity index (χ0v) is 11.4. The molecule has 2 rings (SSSR count). The van der Waals surface area contributed by atoms with E-state index in [4.69, 9.17) is 10.5 Å². The maximum atomic E-state index is 6.04. The Kier molecular flexibility index (Phi) is 4.48. The van der Waals surface area contributed by atoms with Gasteiger partial charge in [0.1, 0.15) is 11.9 Å². The summed E-state index contributed by atoms with van der Waals surface area (Å²) in [6.45, 7) is 6.77. The van der Waals surface area contributed by atoms with E-state index in [1.165, 1.54) is 19.4 Å². The van der Waals surface area contributed by atoms with Gasteiger partial charge in [-0.25, -0.2) is 0 Å². The Morgan fingerprint density at radius 1 is 1.50 bits per heavy atom. The molecule has 2 atom stereocenters. The van der Waals surface area contributed by atoms with E-state index in [2.05, 4.69) is 18.7 Å². The second-order valence-electron chi connectivity index (χ2n) is 5.21. The first kappa shape index (κ1) is 13.2. The molecule has 100 valence electrons. The average Bonchev–Trinajstić information content (AvgIpc) is 2.38. The molecule has 1 aliphatic heterocycles. The van der Waals surface area contributed by atoms with Crippen LogP contribution in [0, 0.1) is 0 Å². The summed E-state index contributed by atoms with van der Waals surface area (Å²) in [6.07, 6.45) is 3.86. The highest BCUT2D eigenvalue weighted by atomic mass is 16.5. The van der Waals surface area contributed by atoms with Crippen molar-refractivity contribution in [2.24, 2.45) is 0 Å². The Morgan fingerprint density at radius 3 is 3.06 bits per heavy atom. The van der Waals surface area contributed by atoms with Crippen molar-refractivity contribution in [3.63, 3.8) is 0 Å². The number of nitrogens with zero attached hydrogens (tertiary/aromatic N) is 1. The van der Waals surface area contributed by atoms with Crippen molar-refractivity contribution in [2.45, 2.75) is 45.3 Å². The lowest BCUT2D eigenvalue weighted by Crippen LogP contribution is -2.45. The summed E-state index contributed by atoms with van der Waals surface area (Å²) in [7, 11) is 0. The van der Waals surface area contributed by atoms with Gasteiger partial charge in [0.25, 0.3) is 0 Å². The van der Waals surface area contributed by atoms with Gasteiger partial charge >= 0.3 is 0 Å². The van der Waals surface area contributed by atoms with E-state index >= 15 is 0 Å². The summed E-state index contributed by atoms with van der Waals surface area (Å²) in [5.74, 6) is 0.894. The highest BCUT2D eigenvalue weighted by molar-refractivity contribution is 5.43. The van der Waals surface area contributed by atoms with Crippen molar-refractivity contribution < 1.29 is 4.74 Å². The molecule has 0 saturated carbocycles. The maximum absolute atomic E-state index is 6.04. The third-order valence-corrected chi connectivity index (χ3v) is 3.78. The molecular weight excluding hydrogens is 224 g/mol. The van der Waals surface area contributed by atoms with Crippen LogP contribution in [0.5, 0.6) is 5.75 Å². The molecule has 0 bridgehead atoms. The first-order chi connectivity index (χ1) is 8.69. The number of hydrogen-bond donors (Lipinski definition) is 1. The second kappa shape index (κ2) is 6.10.